The predicted molar refractivity (Wildman–Crippen MR) is 71.9 cm³/mol. The lowest BCUT2D eigenvalue weighted by molar-refractivity contribution is -0.125. The summed E-state index contributed by atoms with van der Waals surface area (Å²) in [4.78, 5) is 11.6. The molecule has 0 aromatic heterocycles. The van der Waals surface area contributed by atoms with Crippen LogP contribution in [0, 0.1) is 6.92 Å². The van der Waals surface area contributed by atoms with Crippen LogP contribution in [0.1, 0.15) is 5.56 Å². The molecule has 4 nitrogen and oxygen atoms in total. The molecular formula is C11H16Cl2N2O2. The van der Waals surface area contributed by atoms with Crippen molar-refractivity contribution < 1.29 is 9.53 Å². The summed E-state index contributed by atoms with van der Waals surface area (Å²) in [5.74, 6) is -0.273. The number of hydrogen-bond acceptors (Lipinski definition) is 3. The number of nitrogens with two attached hydrogens (primary N) is 1. The number of rotatable bonds is 4. The maximum atomic E-state index is 11.6. The second kappa shape index (κ2) is 7.50. The van der Waals surface area contributed by atoms with Crippen LogP contribution < -0.4 is 11.1 Å². The molecule has 0 aliphatic rings. The van der Waals surface area contributed by atoms with Crippen molar-refractivity contribution in [2.24, 2.45) is 5.73 Å². The van der Waals surface area contributed by atoms with E-state index in [1.165, 1.54) is 7.11 Å². The van der Waals surface area contributed by atoms with Gasteiger partial charge in [-0.15, -0.1) is 12.4 Å². The fraction of sp³-hybridized carbons (Fsp3) is 0.364. The molecule has 1 amide bonds. The van der Waals surface area contributed by atoms with E-state index in [4.69, 9.17) is 22.1 Å². The van der Waals surface area contributed by atoms with Gasteiger partial charge < -0.3 is 15.8 Å². The monoisotopic (exact) mass is 278 g/mol. The highest BCUT2D eigenvalue weighted by atomic mass is 35.5. The minimum absolute atomic E-state index is 0. The van der Waals surface area contributed by atoms with Crippen LogP contribution in [0.3, 0.4) is 0 Å². The summed E-state index contributed by atoms with van der Waals surface area (Å²) in [5, 5.41) is 3.29. The molecule has 3 N–H and O–H groups in total. The number of carbonyl (C=O) groups excluding carboxylic acids is 1. The molecule has 0 radical (unpaired) electrons. The van der Waals surface area contributed by atoms with Crippen molar-refractivity contribution >= 4 is 35.6 Å². The molecular weight excluding hydrogens is 263 g/mol. The van der Waals surface area contributed by atoms with Crippen LogP contribution in [0.15, 0.2) is 18.2 Å². The lowest BCUT2D eigenvalue weighted by Crippen LogP contribution is -2.35. The van der Waals surface area contributed by atoms with Crippen LogP contribution >= 0.6 is 24.0 Å². The van der Waals surface area contributed by atoms with Crippen LogP contribution in [0.5, 0.6) is 0 Å². The smallest absolute Gasteiger partial charge is 0.254 e. The number of anilines is 1. The Kier molecular flexibility index (Phi) is 7.15. The van der Waals surface area contributed by atoms with Gasteiger partial charge in [-0.3, -0.25) is 4.79 Å². The molecule has 0 spiro atoms. The molecule has 0 bridgehead atoms. The van der Waals surface area contributed by atoms with Gasteiger partial charge in [0, 0.05) is 24.4 Å². The fourth-order valence-electron chi connectivity index (χ4n) is 1.20. The minimum Gasteiger partial charge on any atom is -0.370 e. The van der Waals surface area contributed by atoms with E-state index in [9.17, 15) is 4.79 Å². The SMILES string of the molecule is COC(CN)C(=O)Nc1ccc(C)c(Cl)c1.Cl. The van der Waals surface area contributed by atoms with E-state index in [1.807, 2.05) is 13.0 Å². The van der Waals surface area contributed by atoms with Crippen LogP contribution in [0.25, 0.3) is 0 Å². The normalized spacial score (nSPS) is 11.5. The lowest BCUT2D eigenvalue weighted by atomic mass is 10.2. The predicted octanol–water partition coefficient (Wildman–Crippen LogP) is 1.98. The molecule has 1 aromatic carbocycles. The van der Waals surface area contributed by atoms with Crippen molar-refractivity contribution in [3.8, 4) is 0 Å². The number of hydrogen-bond donors (Lipinski definition) is 2. The average molecular weight is 279 g/mol. The Balaban J connectivity index is 0.00000256. The van der Waals surface area contributed by atoms with Gasteiger partial charge in [-0.1, -0.05) is 17.7 Å². The van der Waals surface area contributed by atoms with Gasteiger partial charge in [-0.25, -0.2) is 0 Å². The van der Waals surface area contributed by atoms with Crippen molar-refractivity contribution in [3.05, 3.63) is 28.8 Å². The van der Waals surface area contributed by atoms with E-state index in [1.54, 1.807) is 12.1 Å². The Morgan fingerprint density at radius 3 is 2.71 bits per heavy atom. The first-order chi connectivity index (χ1) is 7.58. The summed E-state index contributed by atoms with van der Waals surface area (Å²) in [6.45, 7) is 2.04. The summed E-state index contributed by atoms with van der Waals surface area (Å²) in [6, 6.07) is 5.31. The zero-order chi connectivity index (χ0) is 12.1. The molecule has 0 saturated carbocycles. The zero-order valence-corrected chi connectivity index (χ0v) is 11.3. The fourth-order valence-corrected chi connectivity index (χ4v) is 1.38. The number of methoxy groups -OCH3 is 1. The van der Waals surface area contributed by atoms with E-state index < -0.39 is 6.10 Å². The maximum absolute atomic E-state index is 11.6. The highest BCUT2D eigenvalue weighted by Crippen LogP contribution is 2.20. The first-order valence-electron chi connectivity index (χ1n) is 4.88. The topological polar surface area (TPSA) is 64.3 Å². The van der Waals surface area contributed by atoms with E-state index in [2.05, 4.69) is 5.32 Å². The molecule has 1 rings (SSSR count). The van der Waals surface area contributed by atoms with Gasteiger partial charge in [-0.2, -0.15) is 0 Å². The third-order valence-corrected chi connectivity index (χ3v) is 2.64. The Morgan fingerprint density at radius 2 is 2.24 bits per heavy atom. The maximum Gasteiger partial charge on any atom is 0.254 e. The van der Waals surface area contributed by atoms with Gasteiger partial charge >= 0.3 is 0 Å². The average Bonchev–Trinajstić information content (AvgIpc) is 2.25. The largest absolute Gasteiger partial charge is 0.370 e. The molecule has 0 aliphatic heterocycles. The Labute approximate surface area is 112 Å². The molecule has 17 heavy (non-hydrogen) atoms. The van der Waals surface area contributed by atoms with Crippen molar-refractivity contribution in [2.45, 2.75) is 13.0 Å². The number of halogens is 2. The number of nitrogens with one attached hydrogen (secondary N) is 1. The van der Waals surface area contributed by atoms with E-state index in [0.717, 1.165) is 5.56 Å². The Bertz CT molecular complexity index is 382. The molecule has 6 heteroatoms. The number of aryl methyl sites for hydroxylation is 1. The van der Waals surface area contributed by atoms with E-state index >= 15 is 0 Å². The van der Waals surface area contributed by atoms with Crippen LogP contribution in [0.4, 0.5) is 5.69 Å². The van der Waals surface area contributed by atoms with Gasteiger partial charge in [0.2, 0.25) is 0 Å². The van der Waals surface area contributed by atoms with Crippen LogP contribution in [0.2, 0.25) is 5.02 Å². The molecule has 0 heterocycles. The minimum atomic E-state index is -0.639. The summed E-state index contributed by atoms with van der Waals surface area (Å²) >= 11 is 5.94. The standard InChI is InChI=1S/C11H15ClN2O2.ClH/c1-7-3-4-8(5-9(7)12)14-11(15)10(6-13)16-2;/h3-5,10H,6,13H2,1-2H3,(H,14,15);1H. The highest BCUT2D eigenvalue weighted by molar-refractivity contribution is 6.31. The summed E-state index contributed by atoms with van der Waals surface area (Å²) in [5.41, 5.74) is 6.98. The first kappa shape index (κ1) is 16.2. The third kappa shape index (κ3) is 4.52. The molecule has 1 atom stereocenters. The van der Waals surface area contributed by atoms with Crippen LogP contribution in [-0.2, 0) is 9.53 Å². The highest BCUT2D eigenvalue weighted by Gasteiger charge is 2.15. The molecule has 0 fully saturated rings. The summed E-state index contributed by atoms with van der Waals surface area (Å²) in [6.07, 6.45) is -0.639. The molecule has 96 valence electrons. The zero-order valence-electron chi connectivity index (χ0n) is 9.70. The van der Waals surface area contributed by atoms with E-state index in [0.29, 0.717) is 10.7 Å². The van der Waals surface area contributed by atoms with Crippen molar-refractivity contribution in [3.63, 3.8) is 0 Å². The first-order valence-corrected chi connectivity index (χ1v) is 5.26. The quantitative estimate of drug-likeness (QED) is 0.885. The van der Waals surface area contributed by atoms with Gasteiger partial charge in [0.25, 0.3) is 5.91 Å². The third-order valence-electron chi connectivity index (χ3n) is 2.23. The number of ether oxygens (including phenoxy) is 1. The number of carbonyl (C=O) groups is 1. The second-order valence-electron chi connectivity index (χ2n) is 3.41. The van der Waals surface area contributed by atoms with E-state index in [-0.39, 0.29) is 24.9 Å². The van der Waals surface area contributed by atoms with Crippen molar-refractivity contribution in [1.29, 1.82) is 0 Å². The molecule has 0 saturated heterocycles. The van der Waals surface area contributed by atoms with Crippen molar-refractivity contribution in [2.75, 3.05) is 19.0 Å². The van der Waals surface area contributed by atoms with Crippen LogP contribution in [-0.4, -0.2) is 25.7 Å². The molecule has 1 aromatic rings. The van der Waals surface area contributed by atoms with Gasteiger partial charge in [0.1, 0.15) is 6.10 Å². The van der Waals surface area contributed by atoms with Gasteiger partial charge in [0.05, 0.1) is 0 Å². The van der Waals surface area contributed by atoms with Gasteiger partial charge in [0.15, 0.2) is 0 Å². The summed E-state index contributed by atoms with van der Waals surface area (Å²) < 4.78 is 4.92. The molecule has 0 aliphatic carbocycles. The molecule has 1 unspecified atom stereocenters. The van der Waals surface area contributed by atoms with Crippen molar-refractivity contribution in [1.82, 2.24) is 0 Å². The Hall–Kier alpha value is -0.810. The Morgan fingerprint density at radius 1 is 1.59 bits per heavy atom. The van der Waals surface area contributed by atoms with Gasteiger partial charge in [-0.05, 0) is 24.6 Å². The number of amides is 1. The second-order valence-corrected chi connectivity index (χ2v) is 3.82. The number of benzene rings is 1. The summed E-state index contributed by atoms with van der Waals surface area (Å²) in [7, 11) is 1.44. The lowest BCUT2D eigenvalue weighted by Gasteiger charge is -2.13.